The summed E-state index contributed by atoms with van der Waals surface area (Å²) in [6.07, 6.45) is -10.1. The highest BCUT2D eigenvalue weighted by molar-refractivity contribution is 7.22. The van der Waals surface area contributed by atoms with Crippen molar-refractivity contribution in [1.29, 1.82) is 0 Å². The summed E-state index contributed by atoms with van der Waals surface area (Å²) in [5, 5.41) is 0.175. The molecule has 4 rings (SSSR count). The normalized spacial score (nSPS) is 12.2. The summed E-state index contributed by atoms with van der Waals surface area (Å²) in [5.41, 5.74) is -0.738. The first-order valence-corrected chi connectivity index (χ1v) is 11.2. The lowest BCUT2D eigenvalue weighted by Crippen LogP contribution is -2.31. The fraction of sp³-hybridized carbons (Fsp3) is 0.200. The summed E-state index contributed by atoms with van der Waals surface area (Å²) in [4.78, 5) is 19.1. The second-order valence-corrected chi connectivity index (χ2v) is 9.03. The van der Waals surface area contributed by atoms with Crippen molar-refractivity contribution >= 4 is 32.6 Å². The van der Waals surface area contributed by atoms with Crippen LogP contribution in [0.2, 0.25) is 0 Å². The van der Waals surface area contributed by atoms with E-state index in [0.29, 0.717) is 23.2 Å². The number of rotatable bonds is 4. The lowest BCUT2D eigenvalue weighted by molar-refractivity contribution is -0.143. The monoisotopic (exact) mass is 508 g/mol. The Bertz CT molecular complexity index is 1360. The van der Waals surface area contributed by atoms with Gasteiger partial charge in [-0.05, 0) is 54.8 Å². The first kappa shape index (κ1) is 24.7. The number of thiazole rings is 1. The zero-order valence-corrected chi connectivity index (χ0v) is 19.3. The van der Waals surface area contributed by atoms with Crippen LogP contribution < -0.4 is 4.90 Å². The van der Waals surface area contributed by atoms with Gasteiger partial charge in [-0.3, -0.25) is 9.69 Å². The molecule has 0 unspecified atom stereocenters. The van der Waals surface area contributed by atoms with Crippen LogP contribution in [0, 0.1) is 13.8 Å². The Morgan fingerprint density at radius 1 is 0.886 bits per heavy atom. The van der Waals surface area contributed by atoms with Gasteiger partial charge in [-0.1, -0.05) is 47.7 Å². The molecule has 0 bridgehead atoms. The number of halogens is 6. The molecule has 35 heavy (non-hydrogen) atoms. The first-order valence-electron chi connectivity index (χ1n) is 10.4. The van der Waals surface area contributed by atoms with Crippen molar-refractivity contribution in [3.63, 3.8) is 0 Å². The SMILES string of the molecule is Cc1ccc2sc(N(Cc3ccccc3)C(=O)c3cc(C(F)(F)F)cc(C(F)(F)F)c3)nc2c1C. The molecule has 0 radical (unpaired) electrons. The van der Waals surface area contributed by atoms with Crippen molar-refractivity contribution in [2.24, 2.45) is 0 Å². The van der Waals surface area contributed by atoms with Crippen molar-refractivity contribution in [2.75, 3.05) is 4.90 Å². The zero-order chi connectivity index (χ0) is 25.5. The number of carbonyl (C=O) groups is 1. The van der Waals surface area contributed by atoms with Crippen molar-refractivity contribution in [2.45, 2.75) is 32.7 Å². The Balaban J connectivity index is 1.87. The molecule has 0 aliphatic rings. The summed E-state index contributed by atoms with van der Waals surface area (Å²) in [6, 6.07) is 13.2. The molecule has 3 aromatic carbocycles. The molecule has 0 aliphatic carbocycles. The first-order chi connectivity index (χ1) is 16.3. The highest BCUT2D eigenvalue weighted by Crippen LogP contribution is 2.38. The number of aromatic nitrogens is 1. The minimum atomic E-state index is -5.06. The molecule has 1 aromatic heterocycles. The highest BCUT2D eigenvalue weighted by atomic mass is 32.1. The molecule has 0 N–H and O–H groups in total. The molecule has 3 nitrogen and oxygen atoms in total. The number of fused-ring (bicyclic) bond motifs is 1. The predicted molar refractivity (Wildman–Crippen MR) is 122 cm³/mol. The van der Waals surface area contributed by atoms with E-state index in [0.717, 1.165) is 32.1 Å². The third kappa shape index (κ3) is 5.17. The topological polar surface area (TPSA) is 33.2 Å². The highest BCUT2D eigenvalue weighted by Gasteiger charge is 2.38. The Morgan fingerprint density at radius 3 is 2.06 bits per heavy atom. The fourth-order valence-corrected chi connectivity index (χ4v) is 4.58. The number of aryl methyl sites for hydroxylation is 2. The standard InChI is InChI=1S/C25H18F6N2OS/c1-14-8-9-20-21(15(14)2)32-23(35-20)33(13-16-6-4-3-5-7-16)22(34)17-10-18(24(26,27)28)12-19(11-17)25(29,30)31/h3-12H,13H2,1-2H3. The van der Waals surface area contributed by atoms with Gasteiger partial charge < -0.3 is 0 Å². The average Bonchev–Trinajstić information content (AvgIpc) is 3.23. The van der Waals surface area contributed by atoms with Gasteiger partial charge in [-0.25, -0.2) is 4.98 Å². The van der Waals surface area contributed by atoms with E-state index in [4.69, 9.17) is 0 Å². The second-order valence-electron chi connectivity index (χ2n) is 8.02. The van der Waals surface area contributed by atoms with E-state index in [1.807, 2.05) is 26.0 Å². The molecule has 0 atom stereocenters. The van der Waals surface area contributed by atoms with Crippen LogP contribution in [0.15, 0.2) is 60.7 Å². The number of hydrogen-bond acceptors (Lipinski definition) is 3. The molecule has 182 valence electrons. The van der Waals surface area contributed by atoms with Gasteiger partial charge in [0.25, 0.3) is 5.91 Å². The largest absolute Gasteiger partial charge is 0.416 e. The Labute approximate surface area is 200 Å². The predicted octanol–water partition coefficient (Wildman–Crippen LogP) is 7.80. The van der Waals surface area contributed by atoms with Crippen LogP contribution in [0.3, 0.4) is 0 Å². The van der Waals surface area contributed by atoms with Gasteiger partial charge in [0.2, 0.25) is 0 Å². The Morgan fingerprint density at radius 2 is 1.49 bits per heavy atom. The van der Waals surface area contributed by atoms with Gasteiger partial charge in [0.1, 0.15) is 0 Å². The van der Waals surface area contributed by atoms with E-state index in [2.05, 4.69) is 4.98 Å². The number of anilines is 1. The van der Waals surface area contributed by atoms with E-state index < -0.39 is 35.0 Å². The molecule has 0 spiro atoms. The quantitative estimate of drug-likeness (QED) is 0.264. The number of carbonyl (C=O) groups excluding carboxylic acids is 1. The van der Waals surface area contributed by atoms with Gasteiger partial charge in [-0.15, -0.1) is 0 Å². The molecule has 10 heteroatoms. The summed E-state index contributed by atoms with van der Waals surface area (Å²) < 4.78 is 81.1. The second kappa shape index (κ2) is 8.99. The van der Waals surface area contributed by atoms with Crippen LogP contribution in [0.5, 0.6) is 0 Å². The van der Waals surface area contributed by atoms with Crippen LogP contribution >= 0.6 is 11.3 Å². The fourth-order valence-electron chi connectivity index (χ4n) is 3.56. The van der Waals surface area contributed by atoms with Gasteiger partial charge in [0, 0.05) is 5.56 Å². The average molecular weight is 508 g/mol. The van der Waals surface area contributed by atoms with Crippen LogP contribution in [0.4, 0.5) is 31.5 Å². The Hall–Kier alpha value is -3.40. The Kier molecular flexibility index (Phi) is 6.35. The van der Waals surface area contributed by atoms with Gasteiger partial charge in [0.15, 0.2) is 5.13 Å². The number of alkyl halides is 6. The number of hydrogen-bond donors (Lipinski definition) is 0. The third-order valence-electron chi connectivity index (χ3n) is 5.57. The molecule has 1 amide bonds. The van der Waals surface area contributed by atoms with Gasteiger partial charge in [0.05, 0.1) is 27.9 Å². The van der Waals surface area contributed by atoms with Crippen molar-refractivity contribution in [3.05, 3.63) is 94.0 Å². The number of benzene rings is 3. The maximum atomic E-state index is 13.5. The maximum absolute atomic E-state index is 13.5. The van der Waals surface area contributed by atoms with Gasteiger partial charge in [-0.2, -0.15) is 26.3 Å². The number of amides is 1. The molecule has 0 saturated carbocycles. The van der Waals surface area contributed by atoms with Crippen molar-refractivity contribution < 1.29 is 31.1 Å². The molecule has 0 aliphatic heterocycles. The van der Waals surface area contributed by atoms with Crippen LogP contribution in [0.25, 0.3) is 10.2 Å². The van der Waals surface area contributed by atoms with Crippen molar-refractivity contribution in [3.8, 4) is 0 Å². The minimum absolute atomic E-state index is 0.00212. The zero-order valence-electron chi connectivity index (χ0n) is 18.5. The van der Waals surface area contributed by atoms with Crippen LogP contribution in [-0.4, -0.2) is 10.9 Å². The van der Waals surface area contributed by atoms with Crippen LogP contribution in [0.1, 0.15) is 38.2 Å². The number of nitrogens with zero attached hydrogens (tertiary/aromatic N) is 2. The molecule has 0 saturated heterocycles. The summed E-state index contributed by atoms with van der Waals surface area (Å²) in [6.45, 7) is 3.66. The molecular formula is C25H18F6N2OS. The van der Waals surface area contributed by atoms with E-state index >= 15 is 0 Å². The minimum Gasteiger partial charge on any atom is -0.279 e. The van der Waals surface area contributed by atoms with E-state index in [-0.39, 0.29) is 17.7 Å². The van der Waals surface area contributed by atoms with E-state index in [9.17, 15) is 31.1 Å². The molecule has 1 heterocycles. The molecule has 0 fully saturated rings. The lowest BCUT2D eigenvalue weighted by Gasteiger charge is -2.21. The smallest absolute Gasteiger partial charge is 0.279 e. The molecular weight excluding hydrogens is 490 g/mol. The van der Waals surface area contributed by atoms with E-state index in [1.54, 1.807) is 30.3 Å². The van der Waals surface area contributed by atoms with Crippen LogP contribution in [-0.2, 0) is 18.9 Å². The van der Waals surface area contributed by atoms with Gasteiger partial charge >= 0.3 is 12.4 Å². The summed E-state index contributed by atoms with van der Waals surface area (Å²) in [5.74, 6) is -1.01. The lowest BCUT2D eigenvalue weighted by atomic mass is 10.0. The third-order valence-corrected chi connectivity index (χ3v) is 6.61. The molecule has 4 aromatic rings. The van der Waals surface area contributed by atoms with Crippen molar-refractivity contribution in [1.82, 2.24) is 4.98 Å². The summed E-state index contributed by atoms with van der Waals surface area (Å²) in [7, 11) is 0. The summed E-state index contributed by atoms with van der Waals surface area (Å²) >= 11 is 1.14. The maximum Gasteiger partial charge on any atom is 0.416 e. The van der Waals surface area contributed by atoms with E-state index in [1.165, 1.54) is 0 Å².